The van der Waals surface area contributed by atoms with Crippen molar-refractivity contribution in [2.45, 2.75) is 31.8 Å². The fourth-order valence-corrected chi connectivity index (χ4v) is 3.37. The first-order valence-electron chi connectivity index (χ1n) is 7.06. The van der Waals surface area contributed by atoms with Crippen LogP contribution in [0.25, 0.3) is 0 Å². The Bertz CT molecular complexity index is 712. The highest BCUT2D eigenvalue weighted by atomic mass is 127. The van der Waals surface area contributed by atoms with Gasteiger partial charge in [0.15, 0.2) is 0 Å². The maximum atomic E-state index is 12.1. The van der Waals surface area contributed by atoms with E-state index < -0.39 is 0 Å². The Morgan fingerprint density at radius 1 is 1.43 bits per heavy atom. The average molecular weight is 396 g/mol. The van der Waals surface area contributed by atoms with Crippen LogP contribution in [0.3, 0.4) is 0 Å². The van der Waals surface area contributed by atoms with Gasteiger partial charge in [-0.3, -0.25) is 4.79 Å². The summed E-state index contributed by atoms with van der Waals surface area (Å²) in [5.41, 5.74) is 3.30. The molecule has 2 aromatic rings. The monoisotopic (exact) mass is 396 g/mol. The molecule has 1 aromatic carbocycles. The lowest BCUT2D eigenvalue weighted by Gasteiger charge is -2.25. The highest BCUT2D eigenvalue weighted by Crippen LogP contribution is 2.34. The molecule has 3 rings (SSSR count). The number of aromatic amines is 1. The molecule has 0 fully saturated rings. The zero-order chi connectivity index (χ0) is 14.8. The lowest BCUT2D eigenvalue weighted by molar-refractivity contribution is 0.180. The average Bonchev–Trinajstić information content (AvgIpc) is 2.51. The van der Waals surface area contributed by atoms with E-state index >= 15 is 0 Å². The molecule has 1 aliphatic rings. The maximum Gasteiger partial charge on any atom is 0.264 e. The van der Waals surface area contributed by atoms with E-state index in [1.54, 1.807) is 7.11 Å². The molecule has 0 radical (unpaired) electrons. The van der Waals surface area contributed by atoms with Crippen LogP contribution in [0.2, 0.25) is 0 Å². The molecule has 5 heteroatoms. The quantitative estimate of drug-likeness (QED) is 0.812. The Labute approximate surface area is 137 Å². The number of hydrogen-bond donors (Lipinski definition) is 1. The third kappa shape index (κ3) is 2.89. The van der Waals surface area contributed by atoms with Gasteiger partial charge in [0.2, 0.25) is 0 Å². The molecule has 21 heavy (non-hydrogen) atoms. The zero-order valence-electron chi connectivity index (χ0n) is 11.9. The molecule has 1 aromatic heterocycles. The second-order valence-electron chi connectivity index (χ2n) is 5.29. The van der Waals surface area contributed by atoms with E-state index in [9.17, 15) is 4.79 Å². The summed E-state index contributed by atoms with van der Waals surface area (Å²) in [6.45, 7) is 0.365. The summed E-state index contributed by atoms with van der Waals surface area (Å²) in [5, 5.41) is 0. The van der Waals surface area contributed by atoms with Crippen LogP contribution < -0.4 is 5.56 Å². The third-order valence-electron chi connectivity index (χ3n) is 3.93. The minimum absolute atomic E-state index is 0.0734. The number of nitrogens with zero attached hydrogens (tertiary/aromatic N) is 1. The van der Waals surface area contributed by atoms with E-state index in [0.717, 1.165) is 30.8 Å². The van der Waals surface area contributed by atoms with E-state index in [0.29, 0.717) is 10.2 Å². The van der Waals surface area contributed by atoms with E-state index in [-0.39, 0.29) is 11.5 Å². The number of H-pyrrole nitrogens is 1. The Kier molecular flexibility index (Phi) is 4.40. The van der Waals surface area contributed by atoms with E-state index in [1.807, 2.05) is 22.6 Å². The molecular formula is C16H17IN2O2. The summed E-state index contributed by atoms with van der Waals surface area (Å²) >= 11 is 2.03. The number of methoxy groups -OCH3 is 1. The topological polar surface area (TPSA) is 55.0 Å². The van der Waals surface area contributed by atoms with Crippen molar-refractivity contribution >= 4 is 22.6 Å². The van der Waals surface area contributed by atoms with Gasteiger partial charge >= 0.3 is 0 Å². The predicted molar refractivity (Wildman–Crippen MR) is 89.5 cm³/mol. The van der Waals surface area contributed by atoms with Gasteiger partial charge in [0, 0.05) is 13.0 Å². The van der Waals surface area contributed by atoms with Gasteiger partial charge in [0.1, 0.15) is 9.39 Å². The number of benzene rings is 1. The van der Waals surface area contributed by atoms with E-state index in [4.69, 9.17) is 4.74 Å². The van der Waals surface area contributed by atoms with Crippen LogP contribution in [-0.2, 0) is 17.8 Å². The number of ether oxygens (including phenoxy) is 1. The molecule has 0 saturated heterocycles. The Balaban J connectivity index is 2.08. The molecule has 110 valence electrons. The van der Waals surface area contributed by atoms with Crippen LogP contribution in [0.1, 0.15) is 41.4 Å². The van der Waals surface area contributed by atoms with Crippen LogP contribution in [0.4, 0.5) is 0 Å². The standard InChI is InChI=1S/C16H17IN2O2/c1-21-9-13-14(17)16(20)19-15(18-13)12-8-4-6-10-5-2-3-7-11(10)12/h2-3,5,7,12H,4,6,8-9H2,1H3,(H,18,19,20). The van der Waals surface area contributed by atoms with Crippen LogP contribution in [0.15, 0.2) is 29.1 Å². The van der Waals surface area contributed by atoms with Crippen molar-refractivity contribution in [2.24, 2.45) is 0 Å². The summed E-state index contributed by atoms with van der Waals surface area (Å²) in [7, 11) is 1.62. The molecule has 1 unspecified atom stereocenters. The molecule has 1 N–H and O–H groups in total. The van der Waals surface area contributed by atoms with Crippen molar-refractivity contribution < 1.29 is 4.74 Å². The molecule has 1 heterocycles. The summed E-state index contributed by atoms with van der Waals surface area (Å²) in [5.74, 6) is 0.940. The van der Waals surface area contributed by atoms with Crippen molar-refractivity contribution in [3.05, 3.63) is 60.8 Å². The third-order valence-corrected chi connectivity index (χ3v) is 5.04. The fraction of sp³-hybridized carbons (Fsp3) is 0.375. The van der Waals surface area contributed by atoms with Crippen molar-refractivity contribution in [3.8, 4) is 0 Å². The van der Waals surface area contributed by atoms with Gasteiger partial charge < -0.3 is 9.72 Å². The molecule has 1 atom stereocenters. The number of nitrogens with one attached hydrogen (secondary N) is 1. The lowest BCUT2D eigenvalue weighted by atomic mass is 9.82. The minimum Gasteiger partial charge on any atom is -0.378 e. The summed E-state index contributed by atoms with van der Waals surface area (Å²) in [6, 6.07) is 8.44. The molecule has 0 amide bonds. The largest absolute Gasteiger partial charge is 0.378 e. The molecule has 4 nitrogen and oxygen atoms in total. The zero-order valence-corrected chi connectivity index (χ0v) is 14.0. The Morgan fingerprint density at radius 2 is 2.24 bits per heavy atom. The Morgan fingerprint density at radius 3 is 3.05 bits per heavy atom. The lowest BCUT2D eigenvalue weighted by Crippen LogP contribution is -2.22. The number of aromatic nitrogens is 2. The first-order chi connectivity index (χ1) is 10.2. The van der Waals surface area contributed by atoms with Crippen molar-refractivity contribution in [2.75, 3.05) is 7.11 Å². The number of aryl methyl sites for hydroxylation is 1. The van der Waals surface area contributed by atoms with Crippen LogP contribution in [0.5, 0.6) is 0 Å². The first-order valence-corrected chi connectivity index (χ1v) is 8.14. The van der Waals surface area contributed by atoms with Crippen molar-refractivity contribution in [1.82, 2.24) is 9.97 Å². The predicted octanol–water partition coefficient (Wildman–Crippen LogP) is 2.99. The number of fused-ring (bicyclic) bond motifs is 1. The van der Waals surface area contributed by atoms with Crippen molar-refractivity contribution in [3.63, 3.8) is 0 Å². The normalized spacial score (nSPS) is 17.5. The maximum absolute atomic E-state index is 12.1. The van der Waals surface area contributed by atoms with Gasteiger partial charge in [0.25, 0.3) is 5.56 Å². The second-order valence-corrected chi connectivity index (χ2v) is 6.37. The van der Waals surface area contributed by atoms with Gasteiger partial charge in [-0.25, -0.2) is 4.98 Å². The smallest absolute Gasteiger partial charge is 0.264 e. The summed E-state index contributed by atoms with van der Waals surface area (Å²) in [6.07, 6.45) is 3.25. The molecule has 0 bridgehead atoms. The highest BCUT2D eigenvalue weighted by molar-refractivity contribution is 14.1. The summed E-state index contributed by atoms with van der Waals surface area (Å²) < 4.78 is 5.77. The number of halogens is 1. The van der Waals surface area contributed by atoms with Crippen LogP contribution in [-0.4, -0.2) is 17.1 Å². The van der Waals surface area contributed by atoms with Gasteiger partial charge in [-0.1, -0.05) is 24.3 Å². The molecule has 1 aliphatic carbocycles. The molecule has 0 aliphatic heterocycles. The van der Waals surface area contributed by atoms with E-state index in [1.165, 1.54) is 11.1 Å². The second kappa shape index (κ2) is 6.27. The Hall–Kier alpha value is -1.21. The number of rotatable bonds is 3. The fourth-order valence-electron chi connectivity index (χ4n) is 2.96. The summed E-state index contributed by atoms with van der Waals surface area (Å²) in [4.78, 5) is 19.7. The van der Waals surface area contributed by atoms with Gasteiger partial charge in [0.05, 0.1) is 12.3 Å². The first kappa shape index (κ1) is 14.7. The van der Waals surface area contributed by atoms with Crippen LogP contribution >= 0.6 is 22.6 Å². The van der Waals surface area contributed by atoms with Gasteiger partial charge in [-0.2, -0.15) is 0 Å². The number of hydrogen-bond acceptors (Lipinski definition) is 3. The van der Waals surface area contributed by atoms with Crippen LogP contribution in [0, 0.1) is 3.57 Å². The van der Waals surface area contributed by atoms with E-state index in [2.05, 4.69) is 34.2 Å². The molecule has 0 spiro atoms. The highest BCUT2D eigenvalue weighted by Gasteiger charge is 2.24. The molecular weight excluding hydrogens is 379 g/mol. The van der Waals surface area contributed by atoms with Gasteiger partial charge in [-0.15, -0.1) is 0 Å². The minimum atomic E-state index is -0.0734. The SMILES string of the molecule is COCc1nc(C2CCCc3ccccc32)[nH]c(=O)c1I. The van der Waals surface area contributed by atoms with Gasteiger partial charge in [-0.05, 0) is 53.0 Å². The van der Waals surface area contributed by atoms with Crippen molar-refractivity contribution in [1.29, 1.82) is 0 Å². The molecule has 0 saturated carbocycles.